The van der Waals surface area contributed by atoms with E-state index in [0.29, 0.717) is 18.8 Å². The lowest BCUT2D eigenvalue weighted by Crippen LogP contribution is -2.49. The summed E-state index contributed by atoms with van der Waals surface area (Å²) in [5.41, 5.74) is 4.56. The van der Waals surface area contributed by atoms with Crippen LogP contribution >= 0.6 is 0 Å². The SMILES string of the molecule is CC1=C(c2cccc(O)c2)C(c2ccc(OCCN3CC(CF)C3)cc2)Oc2ccc(O)cc21.O=C(O)CCC1CCCC1. The Morgan fingerprint density at radius 1 is 0.977 bits per heavy atom. The summed E-state index contributed by atoms with van der Waals surface area (Å²) in [5.74, 6) is 2.08. The van der Waals surface area contributed by atoms with Gasteiger partial charge in [-0.05, 0) is 78.4 Å². The monoisotopic (exact) mass is 603 g/mol. The number of carbonyl (C=O) groups is 1. The number of carboxylic acids is 1. The number of rotatable bonds is 10. The van der Waals surface area contributed by atoms with Crippen molar-refractivity contribution in [2.24, 2.45) is 11.8 Å². The maximum atomic E-state index is 12.6. The highest BCUT2D eigenvalue weighted by Crippen LogP contribution is 2.47. The molecule has 0 bridgehead atoms. The van der Waals surface area contributed by atoms with E-state index in [4.69, 9.17) is 14.6 Å². The molecular formula is C36H42FNO6. The zero-order valence-corrected chi connectivity index (χ0v) is 25.3. The molecule has 7 nitrogen and oxygen atoms in total. The molecule has 3 aliphatic rings. The van der Waals surface area contributed by atoms with E-state index in [2.05, 4.69) is 4.90 Å². The van der Waals surface area contributed by atoms with Crippen molar-refractivity contribution in [1.29, 1.82) is 0 Å². The molecule has 1 aliphatic carbocycles. The smallest absolute Gasteiger partial charge is 0.303 e. The molecule has 1 unspecified atom stereocenters. The van der Waals surface area contributed by atoms with E-state index >= 15 is 0 Å². The number of allylic oxidation sites excluding steroid dienone is 1. The number of hydrogen-bond donors (Lipinski definition) is 3. The van der Waals surface area contributed by atoms with E-state index in [1.54, 1.807) is 30.3 Å². The quantitative estimate of drug-likeness (QED) is 0.221. The molecule has 0 spiro atoms. The van der Waals surface area contributed by atoms with E-state index in [0.717, 1.165) is 65.6 Å². The van der Waals surface area contributed by atoms with Crippen molar-refractivity contribution in [3.63, 3.8) is 0 Å². The van der Waals surface area contributed by atoms with Crippen LogP contribution in [-0.4, -0.2) is 59.1 Å². The fraction of sp³-hybridized carbons (Fsp3) is 0.417. The first-order valence-corrected chi connectivity index (χ1v) is 15.5. The molecule has 234 valence electrons. The lowest BCUT2D eigenvalue weighted by Gasteiger charge is -2.37. The molecule has 2 aliphatic heterocycles. The van der Waals surface area contributed by atoms with E-state index < -0.39 is 5.97 Å². The molecule has 1 saturated carbocycles. The van der Waals surface area contributed by atoms with Crippen LogP contribution in [0.1, 0.15) is 68.2 Å². The fourth-order valence-electron chi connectivity index (χ4n) is 6.33. The summed E-state index contributed by atoms with van der Waals surface area (Å²) >= 11 is 0. The molecule has 3 aromatic carbocycles. The molecule has 3 aromatic rings. The molecule has 2 heterocycles. The summed E-state index contributed by atoms with van der Waals surface area (Å²) in [5, 5.41) is 28.5. The van der Waals surface area contributed by atoms with Gasteiger partial charge >= 0.3 is 5.97 Å². The summed E-state index contributed by atoms with van der Waals surface area (Å²) in [6.07, 6.45) is 6.02. The average molecular weight is 604 g/mol. The second-order valence-electron chi connectivity index (χ2n) is 12.0. The highest BCUT2D eigenvalue weighted by Gasteiger charge is 2.30. The predicted octanol–water partition coefficient (Wildman–Crippen LogP) is 7.48. The number of nitrogens with zero attached hydrogens (tertiary/aromatic N) is 1. The molecule has 0 radical (unpaired) electrons. The maximum absolute atomic E-state index is 12.6. The molecule has 8 heteroatoms. The minimum atomic E-state index is -0.646. The second kappa shape index (κ2) is 14.6. The van der Waals surface area contributed by atoms with E-state index in [9.17, 15) is 19.4 Å². The standard InChI is InChI=1S/C28H28FNO4.C8H14O2/c1-18-25-14-23(32)7-10-26(25)34-28(27(18)21-3-2-4-22(31)13-21)20-5-8-24(9-6-20)33-12-11-30-16-19(15-29)17-30;9-8(10)6-5-7-3-1-2-4-7/h2-10,13-14,19,28,31-32H,11-12,15-17H2,1H3;7H,1-6H2,(H,9,10). The van der Waals surface area contributed by atoms with Gasteiger partial charge in [0.2, 0.25) is 0 Å². The van der Waals surface area contributed by atoms with Gasteiger partial charge in [-0.3, -0.25) is 14.1 Å². The molecule has 6 rings (SSSR count). The first-order valence-electron chi connectivity index (χ1n) is 15.5. The number of carboxylic acid groups (broad SMARTS) is 1. The van der Waals surface area contributed by atoms with Gasteiger partial charge in [-0.25, -0.2) is 0 Å². The van der Waals surface area contributed by atoms with E-state index in [-0.39, 0.29) is 30.2 Å². The van der Waals surface area contributed by atoms with Crippen molar-refractivity contribution in [1.82, 2.24) is 4.90 Å². The van der Waals surface area contributed by atoms with Crippen LogP contribution in [0.15, 0.2) is 66.7 Å². The Hall–Kier alpha value is -4.04. The number of benzene rings is 3. The Labute approximate surface area is 258 Å². The topological polar surface area (TPSA) is 99.5 Å². The molecule has 1 saturated heterocycles. The van der Waals surface area contributed by atoms with E-state index in [1.165, 1.54) is 25.7 Å². The van der Waals surface area contributed by atoms with Crippen molar-refractivity contribution < 1.29 is 34.0 Å². The molecule has 0 aromatic heterocycles. The zero-order chi connectivity index (χ0) is 31.1. The van der Waals surface area contributed by atoms with Crippen LogP contribution in [0.2, 0.25) is 0 Å². The molecule has 0 amide bonds. The van der Waals surface area contributed by atoms with Gasteiger partial charge in [0.05, 0.1) is 6.67 Å². The zero-order valence-electron chi connectivity index (χ0n) is 25.3. The summed E-state index contributed by atoms with van der Waals surface area (Å²) in [6.45, 7) is 4.72. The minimum absolute atomic E-state index is 0.176. The number of alkyl halides is 1. The Kier molecular flexibility index (Phi) is 10.4. The largest absolute Gasteiger partial charge is 0.508 e. The van der Waals surface area contributed by atoms with Crippen molar-refractivity contribution in [3.8, 4) is 23.0 Å². The number of halogens is 1. The molecule has 44 heavy (non-hydrogen) atoms. The highest BCUT2D eigenvalue weighted by molar-refractivity contribution is 5.95. The van der Waals surface area contributed by atoms with Crippen LogP contribution in [0.5, 0.6) is 23.0 Å². The lowest BCUT2D eigenvalue weighted by molar-refractivity contribution is -0.137. The van der Waals surface area contributed by atoms with Gasteiger partial charge in [0.15, 0.2) is 0 Å². The number of fused-ring (bicyclic) bond motifs is 1. The number of hydrogen-bond acceptors (Lipinski definition) is 6. The molecule has 1 atom stereocenters. The summed E-state index contributed by atoms with van der Waals surface area (Å²) < 4.78 is 24.9. The van der Waals surface area contributed by atoms with Gasteiger partial charge in [-0.15, -0.1) is 0 Å². The molecule has 3 N–H and O–H groups in total. The van der Waals surface area contributed by atoms with Crippen molar-refractivity contribution in [3.05, 3.63) is 83.4 Å². The van der Waals surface area contributed by atoms with Gasteiger partial charge in [0.1, 0.15) is 35.7 Å². The van der Waals surface area contributed by atoms with Gasteiger partial charge in [0.25, 0.3) is 0 Å². The number of phenolic OH excluding ortho intramolecular Hbond substituents is 2. The van der Waals surface area contributed by atoms with Gasteiger partial charge in [-0.1, -0.05) is 49.9 Å². The maximum Gasteiger partial charge on any atom is 0.303 e. The highest BCUT2D eigenvalue weighted by atomic mass is 19.1. The van der Waals surface area contributed by atoms with Crippen LogP contribution in [0.4, 0.5) is 4.39 Å². The van der Waals surface area contributed by atoms with Crippen LogP contribution in [-0.2, 0) is 4.79 Å². The molecule has 2 fully saturated rings. The average Bonchev–Trinajstić information content (AvgIpc) is 3.52. The van der Waals surface area contributed by atoms with Crippen LogP contribution < -0.4 is 9.47 Å². The summed E-state index contributed by atoms with van der Waals surface area (Å²) in [6, 6.07) is 20.1. The Morgan fingerprint density at radius 2 is 1.70 bits per heavy atom. The van der Waals surface area contributed by atoms with Crippen molar-refractivity contribution in [2.75, 3.05) is 32.9 Å². The first kappa shape index (κ1) is 31.4. The normalized spacial score (nSPS) is 18.5. The summed E-state index contributed by atoms with van der Waals surface area (Å²) in [7, 11) is 0. The van der Waals surface area contributed by atoms with Crippen LogP contribution in [0, 0.1) is 11.8 Å². The van der Waals surface area contributed by atoms with Crippen molar-refractivity contribution >= 4 is 17.1 Å². The predicted molar refractivity (Wildman–Crippen MR) is 169 cm³/mol. The molecular weight excluding hydrogens is 561 g/mol. The fourth-order valence-corrected chi connectivity index (χ4v) is 6.33. The third kappa shape index (κ3) is 7.91. The number of ether oxygens (including phenoxy) is 2. The minimum Gasteiger partial charge on any atom is -0.508 e. The van der Waals surface area contributed by atoms with Crippen LogP contribution in [0.3, 0.4) is 0 Å². The summed E-state index contributed by atoms with van der Waals surface area (Å²) in [4.78, 5) is 12.3. The Morgan fingerprint density at radius 3 is 2.39 bits per heavy atom. The number of phenols is 2. The third-order valence-corrected chi connectivity index (χ3v) is 8.79. The third-order valence-electron chi connectivity index (χ3n) is 8.79. The Balaban J connectivity index is 0.000000328. The lowest BCUT2D eigenvalue weighted by atomic mass is 9.86. The van der Waals surface area contributed by atoms with Gasteiger partial charge in [-0.2, -0.15) is 0 Å². The first-order chi connectivity index (χ1) is 21.3. The van der Waals surface area contributed by atoms with Crippen LogP contribution in [0.25, 0.3) is 11.1 Å². The number of aromatic hydroxyl groups is 2. The second-order valence-corrected chi connectivity index (χ2v) is 12.0. The Bertz CT molecular complexity index is 1440. The van der Waals surface area contributed by atoms with Gasteiger partial charge < -0.3 is 24.8 Å². The van der Waals surface area contributed by atoms with E-state index in [1.807, 2.05) is 43.3 Å². The number of likely N-dealkylation sites (tertiary alicyclic amines) is 1. The van der Waals surface area contributed by atoms with Crippen molar-refractivity contribution in [2.45, 2.75) is 51.6 Å². The van der Waals surface area contributed by atoms with Gasteiger partial charge in [0, 0.05) is 43.1 Å². The number of aliphatic carboxylic acids is 1.